The van der Waals surface area contributed by atoms with Crippen molar-refractivity contribution in [3.05, 3.63) is 18.2 Å². The molecule has 0 saturated heterocycles. The monoisotopic (exact) mass is 195 g/mol. The van der Waals surface area contributed by atoms with E-state index in [-0.39, 0.29) is 0 Å². The smallest absolute Gasteiger partial charge is 0.111 e. The Morgan fingerprint density at radius 1 is 1.43 bits per heavy atom. The molecule has 3 heteroatoms. The van der Waals surface area contributed by atoms with Crippen molar-refractivity contribution in [2.45, 2.75) is 45.7 Å². The van der Waals surface area contributed by atoms with E-state index in [2.05, 4.69) is 41.8 Å². The second-order valence-corrected chi connectivity index (χ2v) is 4.11. The average Bonchev–Trinajstić information content (AvgIpc) is 2.62. The van der Waals surface area contributed by atoms with Gasteiger partial charge in [0.2, 0.25) is 0 Å². The predicted octanol–water partition coefficient (Wildman–Crippen LogP) is 2.00. The molecule has 0 saturated carbocycles. The lowest BCUT2D eigenvalue weighted by Crippen LogP contribution is -2.23. The Hall–Kier alpha value is -0.830. The van der Waals surface area contributed by atoms with Crippen molar-refractivity contribution in [1.29, 1.82) is 0 Å². The highest BCUT2D eigenvalue weighted by atomic mass is 15.1. The maximum atomic E-state index is 4.36. The van der Waals surface area contributed by atoms with Crippen molar-refractivity contribution >= 4 is 0 Å². The zero-order valence-corrected chi connectivity index (χ0v) is 9.62. The number of aromatic nitrogens is 2. The summed E-state index contributed by atoms with van der Waals surface area (Å²) >= 11 is 0. The molecule has 0 spiro atoms. The molecule has 1 unspecified atom stereocenters. The number of rotatable bonds is 5. The van der Waals surface area contributed by atoms with Crippen LogP contribution in [0.25, 0.3) is 0 Å². The van der Waals surface area contributed by atoms with Crippen LogP contribution in [0.5, 0.6) is 0 Å². The second kappa shape index (κ2) is 5.15. The Balaban J connectivity index is 2.54. The van der Waals surface area contributed by atoms with E-state index in [1.54, 1.807) is 0 Å². The van der Waals surface area contributed by atoms with Gasteiger partial charge in [-0.25, -0.2) is 4.98 Å². The van der Waals surface area contributed by atoms with E-state index in [9.17, 15) is 0 Å². The molecular weight excluding hydrogens is 174 g/mol. The van der Waals surface area contributed by atoms with E-state index in [4.69, 9.17) is 0 Å². The van der Waals surface area contributed by atoms with Crippen molar-refractivity contribution in [3.63, 3.8) is 0 Å². The minimum absolute atomic E-state index is 0.509. The van der Waals surface area contributed by atoms with Crippen molar-refractivity contribution in [3.8, 4) is 0 Å². The molecule has 1 aromatic rings. The van der Waals surface area contributed by atoms with Gasteiger partial charge in [-0.2, -0.15) is 0 Å². The summed E-state index contributed by atoms with van der Waals surface area (Å²) in [6.07, 6.45) is 5.10. The summed E-state index contributed by atoms with van der Waals surface area (Å²) in [5.74, 6) is 1.70. The summed E-state index contributed by atoms with van der Waals surface area (Å²) in [5, 5.41) is 3.24. The van der Waals surface area contributed by atoms with Crippen molar-refractivity contribution in [2.75, 3.05) is 7.05 Å². The van der Waals surface area contributed by atoms with E-state index < -0.39 is 0 Å². The molecule has 1 heterocycles. The molecule has 0 bridgehead atoms. The first-order chi connectivity index (χ1) is 6.65. The van der Waals surface area contributed by atoms with Crippen molar-refractivity contribution in [2.24, 2.45) is 0 Å². The maximum absolute atomic E-state index is 4.36. The molecule has 0 aromatic carbocycles. The third kappa shape index (κ3) is 2.84. The van der Waals surface area contributed by atoms with Crippen LogP contribution in [0.4, 0.5) is 0 Å². The Bertz CT molecular complexity index is 265. The van der Waals surface area contributed by atoms with Gasteiger partial charge in [0.1, 0.15) is 5.82 Å². The molecule has 0 radical (unpaired) electrons. The van der Waals surface area contributed by atoms with Crippen LogP contribution in [-0.2, 0) is 6.54 Å². The molecule has 1 atom stereocenters. The summed E-state index contributed by atoms with van der Waals surface area (Å²) in [4.78, 5) is 4.36. The fourth-order valence-corrected chi connectivity index (χ4v) is 1.49. The Labute approximate surface area is 86.5 Å². The van der Waals surface area contributed by atoms with E-state index in [0.29, 0.717) is 12.0 Å². The number of hydrogen-bond donors (Lipinski definition) is 1. The predicted molar refractivity (Wildman–Crippen MR) is 59.5 cm³/mol. The molecule has 1 aromatic heterocycles. The number of aryl methyl sites for hydroxylation is 1. The molecule has 80 valence electrons. The minimum atomic E-state index is 0.509. The van der Waals surface area contributed by atoms with Crippen LogP contribution in [0, 0.1) is 0 Å². The van der Waals surface area contributed by atoms with Gasteiger partial charge >= 0.3 is 0 Å². The van der Waals surface area contributed by atoms with Crippen LogP contribution < -0.4 is 5.32 Å². The topological polar surface area (TPSA) is 29.9 Å². The van der Waals surface area contributed by atoms with Gasteiger partial charge in [0.25, 0.3) is 0 Å². The highest BCUT2D eigenvalue weighted by Crippen LogP contribution is 2.12. The van der Waals surface area contributed by atoms with Gasteiger partial charge in [0.05, 0.1) is 0 Å². The fraction of sp³-hybridized carbons (Fsp3) is 0.727. The molecule has 0 fully saturated rings. The Morgan fingerprint density at radius 3 is 2.71 bits per heavy atom. The van der Waals surface area contributed by atoms with Gasteiger partial charge < -0.3 is 9.88 Å². The molecule has 3 nitrogen and oxygen atoms in total. The number of nitrogens with one attached hydrogen (secondary N) is 1. The fourth-order valence-electron chi connectivity index (χ4n) is 1.49. The summed E-state index contributed by atoms with van der Waals surface area (Å²) in [6.45, 7) is 7.61. The van der Waals surface area contributed by atoms with Crippen LogP contribution >= 0.6 is 0 Å². The number of imidazole rings is 1. The Morgan fingerprint density at radius 2 is 2.14 bits per heavy atom. The van der Waals surface area contributed by atoms with Crippen molar-refractivity contribution in [1.82, 2.24) is 14.9 Å². The lowest BCUT2D eigenvalue weighted by molar-refractivity contribution is 0.495. The lowest BCUT2D eigenvalue weighted by atomic mass is 10.2. The van der Waals surface area contributed by atoms with Crippen LogP contribution in [0.2, 0.25) is 0 Å². The van der Waals surface area contributed by atoms with Gasteiger partial charge in [-0.05, 0) is 20.4 Å². The molecule has 0 aliphatic rings. The second-order valence-electron chi connectivity index (χ2n) is 4.11. The largest absolute Gasteiger partial charge is 0.335 e. The van der Waals surface area contributed by atoms with Crippen LogP contribution in [0.15, 0.2) is 12.4 Å². The summed E-state index contributed by atoms with van der Waals surface area (Å²) in [6, 6.07) is 0.567. The molecular formula is C11H21N3. The lowest BCUT2D eigenvalue weighted by Gasteiger charge is -2.13. The molecule has 0 aliphatic heterocycles. The first-order valence-corrected chi connectivity index (χ1v) is 5.33. The van der Waals surface area contributed by atoms with Gasteiger partial charge in [0.15, 0.2) is 0 Å². The minimum Gasteiger partial charge on any atom is -0.335 e. The standard InChI is InChI=1S/C11H21N3/c1-9(2)11-13-6-8-14(11)7-5-10(3)12-4/h6,8-10,12H,5,7H2,1-4H3. The third-order valence-electron chi connectivity index (χ3n) is 2.56. The molecule has 0 aliphatic carbocycles. The first kappa shape index (κ1) is 11.2. The quantitative estimate of drug-likeness (QED) is 0.779. The summed E-state index contributed by atoms with van der Waals surface area (Å²) in [7, 11) is 2.00. The number of hydrogen-bond acceptors (Lipinski definition) is 2. The van der Waals surface area contributed by atoms with Gasteiger partial charge in [-0.3, -0.25) is 0 Å². The SMILES string of the molecule is CNC(C)CCn1ccnc1C(C)C. The normalized spacial score (nSPS) is 13.5. The Kier molecular flexibility index (Phi) is 4.14. The number of nitrogens with zero attached hydrogens (tertiary/aromatic N) is 2. The van der Waals surface area contributed by atoms with E-state index in [1.165, 1.54) is 5.82 Å². The van der Waals surface area contributed by atoms with Gasteiger partial charge in [-0.15, -0.1) is 0 Å². The van der Waals surface area contributed by atoms with Gasteiger partial charge in [-0.1, -0.05) is 13.8 Å². The molecule has 1 rings (SSSR count). The van der Waals surface area contributed by atoms with Crippen LogP contribution in [0.1, 0.15) is 38.9 Å². The van der Waals surface area contributed by atoms with E-state index in [0.717, 1.165) is 13.0 Å². The van der Waals surface area contributed by atoms with E-state index in [1.807, 2.05) is 13.2 Å². The molecule has 1 N–H and O–H groups in total. The van der Waals surface area contributed by atoms with Gasteiger partial charge in [0, 0.05) is 30.9 Å². The third-order valence-corrected chi connectivity index (χ3v) is 2.56. The van der Waals surface area contributed by atoms with E-state index >= 15 is 0 Å². The van der Waals surface area contributed by atoms with Crippen LogP contribution in [0.3, 0.4) is 0 Å². The zero-order valence-electron chi connectivity index (χ0n) is 9.62. The summed E-state index contributed by atoms with van der Waals surface area (Å²) in [5.41, 5.74) is 0. The van der Waals surface area contributed by atoms with Crippen molar-refractivity contribution < 1.29 is 0 Å². The molecule has 14 heavy (non-hydrogen) atoms. The zero-order chi connectivity index (χ0) is 10.6. The molecule has 0 amide bonds. The maximum Gasteiger partial charge on any atom is 0.111 e. The highest BCUT2D eigenvalue weighted by Gasteiger charge is 2.07. The summed E-state index contributed by atoms with van der Waals surface area (Å²) < 4.78 is 2.25. The first-order valence-electron chi connectivity index (χ1n) is 5.33. The highest BCUT2D eigenvalue weighted by molar-refractivity contribution is 4.97. The average molecular weight is 195 g/mol. The van der Waals surface area contributed by atoms with Crippen LogP contribution in [-0.4, -0.2) is 22.6 Å².